The minimum absolute atomic E-state index is 0.126. The first-order chi connectivity index (χ1) is 11.9. The minimum Gasteiger partial charge on any atom is -0.389 e. The molecule has 1 aromatic carbocycles. The number of para-hydroxylation sites is 1. The second kappa shape index (κ2) is 6.68. The van der Waals surface area contributed by atoms with Crippen molar-refractivity contribution in [3.63, 3.8) is 0 Å². The standard InChI is InChI=1S/C18H21N3O4/c1-11-8-16(24)14-4-3-5-15(17(14)19-11)18(25)21-7-6-20(12(2)22)9-13(23)10-21/h3-5,8,13,23H,6-7,9-10H2,1-2H3,(H,19,24). The van der Waals surface area contributed by atoms with E-state index >= 15 is 0 Å². The molecule has 2 aromatic rings. The Bertz CT molecular complexity index is 890. The molecule has 25 heavy (non-hydrogen) atoms. The minimum atomic E-state index is -0.800. The number of aliphatic hydroxyl groups is 1. The van der Waals surface area contributed by atoms with Crippen LogP contribution in [-0.4, -0.2) is 64.0 Å². The van der Waals surface area contributed by atoms with Gasteiger partial charge in [0.15, 0.2) is 5.43 Å². The molecular formula is C18H21N3O4. The van der Waals surface area contributed by atoms with Gasteiger partial charge in [-0.3, -0.25) is 14.4 Å². The van der Waals surface area contributed by atoms with Gasteiger partial charge < -0.3 is 19.9 Å². The molecule has 0 spiro atoms. The third-order valence-electron chi connectivity index (χ3n) is 4.46. The van der Waals surface area contributed by atoms with Gasteiger partial charge in [0.2, 0.25) is 5.91 Å². The lowest BCUT2D eigenvalue weighted by atomic mass is 10.1. The van der Waals surface area contributed by atoms with Crippen molar-refractivity contribution in [2.75, 3.05) is 26.2 Å². The Labute approximate surface area is 144 Å². The number of carbonyl (C=O) groups excluding carboxylic acids is 2. The highest BCUT2D eigenvalue weighted by atomic mass is 16.3. The van der Waals surface area contributed by atoms with Crippen molar-refractivity contribution in [2.45, 2.75) is 20.0 Å². The van der Waals surface area contributed by atoms with Gasteiger partial charge in [-0.25, -0.2) is 0 Å². The number of fused-ring (bicyclic) bond motifs is 1. The van der Waals surface area contributed by atoms with Gasteiger partial charge in [0.05, 0.1) is 17.2 Å². The predicted molar refractivity (Wildman–Crippen MR) is 93.5 cm³/mol. The fourth-order valence-corrected chi connectivity index (χ4v) is 3.21. The SMILES string of the molecule is CC(=O)N1CCN(C(=O)c2cccc3c(=O)cc(C)[nH]c23)CC(O)C1. The zero-order valence-corrected chi connectivity index (χ0v) is 14.3. The van der Waals surface area contributed by atoms with Crippen LogP contribution in [0.1, 0.15) is 23.0 Å². The lowest BCUT2D eigenvalue weighted by molar-refractivity contribution is -0.129. The van der Waals surface area contributed by atoms with E-state index in [4.69, 9.17) is 0 Å². The lowest BCUT2D eigenvalue weighted by Gasteiger charge is -2.22. The Morgan fingerprint density at radius 1 is 1.20 bits per heavy atom. The molecule has 3 rings (SSSR count). The number of aromatic amines is 1. The van der Waals surface area contributed by atoms with Gasteiger partial charge in [-0.1, -0.05) is 6.07 Å². The summed E-state index contributed by atoms with van der Waals surface area (Å²) in [5.41, 5.74) is 1.43. The van der Waals surface area contributed by atoms with Crippen molar-refractivity contribution in [3.8, 4) is 0 Å². The highest BCUT2D eigenvalue weighted by molar-refractivity contribution is 6.05. The van der Waals surface area contributed by atoms with Crippen molar-refractivity contribution in [2.24, 2.45) is 0 Å². The number of aromatic nitrogens is 1. The number of nitrogens with zero attached hydrogens (tertiary/aromatic N) is 2. The van der Waals surface area contributed by atoms with E-state index in [1.807, 2.05) is 0 Å². The Kier molecular flexibility index (Phi) is 4.59. The third-order valence-corrected chi connectivity index (χ3v) is 4.46. The fourth-order valence-electron chi connectivity index (χ4n) is 3.21. The second-order valence-electron chi connectivity index (χ2n) is 6.41. The Hall–Kier alpha value is -2.67. The van der Waals surface area contributed by atoms with Crippen LogP contribution in [0.3, 0.4) is 0 Å². The maximum atomic E-state index is 13.0. The third kappa shape index (κ3) is 3.41. The van der Waals surface area contributed by atoms with Crippen LogP contribution >= 0.6 is 0 Å². The highest BCUT2D eigenvalue weighted by Gasteiger charge is 2.27. The molecule has 1 aromatic heterocycles. The summed E-state index contributed by atoms with van der Waals surface area (Å²) < 4.78 is 0. The van der Waals surface area contributed by atoms with Crippen LogP contribution in [0, 0.1) is 6.92 Å². The fraction of sp³-hybridized carbons (Fsp3) is 0.389. The number of amides is 2. The number of rotatable bonds is 1. The number of carbonyl (C=O) groups is 2. The van der Waals surface area contributed by atoms with Crippen molar-refractivity contribution >= 4 is 22.7 Å². The van der Waals surface area contributed by atoms with Gasteiger partial charge in [-0.15, -0.1) is 0 Å². The molecule has 0 radical (unpaired) electrons. The molecular weight excluding hydrogens is 322 g/mol. The summed E-state index contributed by atoms with van der Waals surface area (Å²) in [6.07, 6.45) is -0.800. The molecule has 1 saturated heterocycles. The monoisotopic (exact) mass is 343 g/mol. The maximum absolute atomic E-state index is 13.0. The van der Waals surface area contributed by atoms with Gasteiger partial charge in [0.1, 0.15) is 0 Å². The first-order valence-electron chi connectivity index (χ1n) is 8.22. The summed E-state index contributed by atoms with van der Waals surface area (Å²) >= 11 is 0. The molecule has 7 nitrogen and oxygen atoms in total. The van der Waals surface area contributed by atoms with Gasteiger partial charge in [-0.05, 0) is 19.1 Å². The van der Waals surface area contributed by atoms with Gasteiger partial charge >= 0.3 is 0 Å². The summed E-state index contributed by atoms with van der Waals surface area (Å²) in [5.74, 6) is -0.394. The van der Waals surface area contributed by atoms with Crippen LogP contribution in [0.2, 0.25) is 0 Å². The number of pyridine rings is 1. The van der Waals surface area contributed by atoms with E-state index in [0.29, 0.717) is 35.2 Å². The Morgan fingerprint density at radius 3 is 2.60 bits per heavy atom. The molecule has 1 unspecified atom stereocenters. The summed E-state index contributed by atoms with van der Waals surface area (Å²) in [7, 11) is 0. The first-order valence-corrected chi connectivity index (χ1v) is 8.22. The quantitative estimate of drug-likeness (QED) is 0.788. The summed E-state index contributed by atoms with van der Waals surface area (Å²) in [6.45, 7) is 4.28. The molecule has 0 aliphatic carbocycles. The van der Waals surface area contributed by atoms with E-state index < -0.39 is 6.10 Å². The van der Waals surface area contributed by atoms with E-state index in [9.17, 15) is 19.5 Å². The number of aryl methyl sites for hydroxylation is 1. The van der Waals surface area contributed by atoms with Crippen molar-refractivity contribution < 1.29 is 14.7 Å². The number of benzene rings is 1. The van der Waals surface area contributed by atoms with Gasteiger partial charge in [0, 0.05) is 50.2 Å². The van der Waals surface area contributed by atoms with Crippen molar-refractivity contribution in [3.05, 3.63) is 45.7 Å². The molecule has 132 valence electrons. The summed E-state index contributed by atoms with van der Waals surface area (Å²) in [5, 5.41) is 10.6. The summed E-state index contributed by atoms with van der Waals surface area (Å²) in [4.78, 5) is 42.9. The first kappa shape index (κ1) is 17.2. The van der Waals surface area contributed by atoms with Crippen LogP contribution < -0.4 is 5.43 Å². The average molecular weight is 343 g/mol. The van der Waals surface area contributed by atoms with E-state index in [2.05, 4.69) is 4.98 Å². The molecule has 1 aliphatic rings. The lowest BCUT2D eigenvalue weighted by Crippen LogP contribution is -2.38. The van der Waals surface area contributed by atoms with E-state index in [1.54, 1.807) is 25.1 Å². The van der Waals surface area contributed by atoms with Crippen LogP contribution in [0.4, 0.5) is 0 Å². The molecule has 2 amide bonds. The average Bonchev–Trinajstić information content (AvgIpc) is 2.75. The topological polar surface area (TPSA) is 93.7 Å². The number of nitrogens with one attached hydrogen (secondary N) is 1. The molecule has 1 fully saturated rings. The van der Waals surface area contributed by atoms with E-state index in [0.717, 1.165) is 0 Å². The molecule has 2 N–H and O–H groups in total. The van der Waals surface area contributed by atoms with Gasteiger partial charge in [-0.2, -0.15) is 0 Å². The number of β-amino-alcohol motifs (C(OH)–C–C–N with tert-alkyl or cyclic N) is 1. The summed E-state index contributed by atoms with van der Waals surface area (Å²) in [6, 6.07) is 6.52. The van der Waals surface area contributed by atoms with Gasteiger partial charge in [0.25, 0.3) is 5.91 Å². The van der Waals surface area contributed by atoms with Crippen molar-refractivity contribution in [1.82, 2.24) is 14.8 Å². The van der Waals surface area contributed by atoms with E-state index in [-0.39, 0.29) is 30.3 Å². The van der Waals surface area contributed by atoms with Crippen LogP contribution in [0.5, 0.6) is 0 Å². The molecule has 2 heterocycles. The molecule has 0 bridgehead atoms. The predicted octanol–water partition coefficient (Wildman–Crippen LogP) is 0.502. The molecule has 1 aliphatic heterocycles. The molecule has 0 saturated carbocycles. The van der Waals surface area contributed by atoms with E-state index in [1.165, 1.54) is 22.8 Å². The smallest absolute Gasteiger partial charge is 0.256 e. The highest BCUT2D eigenvalue weighted by Crippen LogP contribution is 2.17. The van der Waals surface area contributed by atoms with Crippen LogP contribution in [0.25, 0.3) is 10.9 Å². The van der Waals surface area contributed by atoms with Crippen LogP contribution in [0.15, 0.2) is 29.1 Å². The number of hydrogen-bond donors (Lipinski definition) is 2. The Balaban J connectivity index is 1.97. The van der Waals surface area contributed by atoms with Crippen molar-refractivity contribution in [1.29, 1.82) is 0 Å². The second-order valence-corrected chi connectivity index (χ2v) is 6.41. The number of aliphatic hydroxyl groups excluding tert-OH is 1. The normalized spacial score (nSPS) is 18.3. The Morgan fingerprint density at radius 2 is 1.88 bits per heavy atom. The molecule has 7 heteroatoms. The number of hydrogen-bond acceptors (Lipinski definition) is 4. The van der Waals surface area contributed by atoms with Crippen LogP contribution in [-0.2, 0) is 4.79 Å². The largest absolute Gasteiger partial charge is 0.389 e. The number of H-pyrrole nitrogens is 1. The molecule has 1 atom stereocenters. The maximum Gasteiger partial charge on any atom is 0.256 e. The zero-order chi connectivity index (χ0) is 18.1. The zero-order valence-electron chi connectivity index (χ0n) is 14.3.